The van der Waals surface area contributed by atoms with Gasteiger partial charge in [-0.25, -0.2) is 0 Å². The molecule has 2 rings (SSSR count). The minimum absolute atomic E-state index is 0.622. The van der Waals surface area contributed by atoms with Crippen molar-refractivity contribution in [3.05, 3.63) is 58.6 Å². The Hall–Kier alpha value is -1.71. The van der Waals surface area contributed by atoms with E-state index in [-0.39, 0.29) is 0 Å². The predicted molar refractivity (Wildman–Crippen MR) is 89.3 cm³/mol. The summed E-state index contributed by atoms with van der Waals surface area (Å²) in [6.45, 7) is 1.37. The summed E-state index contributed by atoms with van der Waals surface area (Å²) in [4.78, 5) is 2.18. The van der Waals surface area contributed by atoms with Crippen molar-refractivity contribution in [1.29, 1.82) is 0 Å². The van der Waals surface area contributed by atoms with Crippen LogP contribution >= 0.6 is 11.6 Å². The lowest BCUT2D eigenvalue weighted by Crippen LogP contribution is -2.19. The van der Waals surface area contributed by atoms with Crippen LogP contribution in [-0.2, 0) is 13.0 Å². The number of benzene rings is 2. The average molecular weight is 305 g/mol. The second-order valence-corrected chi connectivity index (χ2v) is 5.42. The molecule has 2 aromatic carbocycles. The Morgan fingerprint density at radius 2 is 1.90 bits per heavy atom. The minimum atomic E-state index is 0.622. The summed E-state index contributed by atoms with van der Waals surface area (Å²) in [7, 11) is 3.75. The quantitative estimate of drug-likeness (QED) is 0.888. The van der Waals surface area contributed by atoms with Gasteiger partial charge in [-0.1, -0.05) is 35.9 Å². The van der Waals surface area contributed by atoms with Crippen molar-refractivity contribution in [3.63, 3.8) is 0 Å². The molecular weight excluding hydrogens is 284 g/mol. The number of halogens is 1. The molecule has 3 nitrogen and oxygen atoms in total. The molecule has 0 radical (unpaired) electrons. The molecule has 0 saturated carbocycles. The maximum atomic E-state index is 6.14. The Kier molecular flexibility index (Phi) is 5.48. The van der Waals surface area contributed by atoms with Gasteiger partial charge in [0.2, 0.25) is 0 Å². The number of rotatable bonds is 6. The van der Waals surface area contributed by atoms with Crippen LogP contribution in [0.4, 0.5) is 5.69 Å². The van der Waals surface area contributed by atoms with E-state index in [9.17, 15) is 0 Å². The third kappa shape index (κ3) is 3.90. The lowest BCUT2D eigenvalue weighted by Gasteiger charge is -2.24. The Morgan fingerprint density at radius 1 is 1.14 bits per heavy atom. The fourth-order valence-corrected chi connectivity index (χ4v) is 2.60. The molecule has 0 aliphatic rings. The van der Waals surface area contributed by atoms with E-state index in [1.54, 1.807) is 7.11 Å². The minimum Gasteiger partial charge on any atom is -0.496 e. The maximum Gasteiger partial charge on any atom is 0.123 e. The number of hydrogen-bond acceptors (Lipinski definition) is 3. The second-order valence-electron chi connectivity index (χ2n) is 4.98. The van der Waals surface area contributed by atoms with E-state index in [2.05, 4.69) is 18.0 Å². The number of nitrogens with zero attached hydrogens (tertiary/aromatic N) is 1. The highest BCUT2D eigenvalue weighted by Crippen LogP contribution is 2.27. The number of ether oxygens (including phenoxy) is 1. The van der Waals surface area contributed by atoms with Crippen molar-refractivity contribution < 1.29 is 4.74 Å². The van der Waals surface area contributed by atoms with Crippen LogP contribution in [0.2, 0.25) is 5.02 Å². The van der Waals surface area contributed by atoms with Crippen LogP contribution in [0.5, 0.6) is 5.75 Å². The zero-order valence-electron chi connectivity index (χ0n) is 12.5. The summed E-state index contributed by atoms with van der Waals surface area (Å²) >= 11 is 6.14. The SMILES string of the molecule is COc1ccccc1CN(C)c1cc(Cl)ccc1CCN. The molecule has 0 heterocycles. The number of anilines is 1. The van der Waals surface area contributed by atoms with E-state index in [0.29, 0.717) is 6.54 Å². The molecule has 0 atom stereocenters. The monoisotopic (exact) mass is 304 g/mol. The molecule has 112 valence electrons. The molecule has 0 amide bonds. The first kappa shape index (κ1) is 15.7. The summed E-state index contributed by atoms with van der Waals surface area (Å²) in [6.07, 6.45) is 0.836. The maximum absolute atomic E-state index is 6.14. The lowest BCUT2D eigenvalue weighted by molar-refractivity contribution is 0.409. The number of hydrogen-bond donors (Lipinski definition) is 1. The van der Waals surface area contributed by atoms with Gasteiger partial charge in [0.1, 0.15) is 5.75 Å². The third-order valence-electron chi connectivity index (χ3n) is 3.47. The van der Waals surface area contributed by atoms with Crippen LogP contribution in [0.15, 0.2) is 42.5 Å². The molecule has 4 heteroatoms. The summed E-state index contributed by atoms with van der Waals surface area (Å²) in [5.41, 5.74) is 9.15. The van der Waals surface area contributed by atoms with E-state index >= 15 is 0 Å². The molecule has 0 unspecified atom stereocenters. The van der Waals surface area contributed by atoms with Crippen molar-refractivity contribution in [1.82, 2.24) is 0 Å². The molecule has 21 heavy (non-hydrogen) atoms. The predicted octanol–water partition coefficient (Wildman–Crippen LogP) is 3.49. The first-order valence-corrected chi connectivity index (χ1v) is 7.35. The Balaban J connectivity index is 2.27. The van der Waals surface area contributed by atoms with Crippen molar-refractivity contribution in [3.8, 4) is 5.75 Å². The van der Waals surface area contributed by atoms with Crippen LogP contribution < -0.4 is 15.4 Å². The molecule has 2 aromatic rings. The average Bonchev–Trinajstić information content (AvgIpc) is 2.49. The smallest absolute Gasteiger partial charge is 0.123 e. The largest absolute Gasteiger partial charge is 0.496 e. The van der Waals surface area contributed by atoms with Gasteiger partial charge in [0.25, 0.3) is 0 Å². The van der Waals surface area contributed by atoms with Crippen LogP contribution in [0.25, 0.3) is 0 Å². The highest BCUT2D eigenvalue weighted by molar-refractivity contribution is 6.30. The molecular formula is C17H21ClN2O. The van der Waals surface area contributed by atoms with Gasteiger partial charge < -0.3 is 15.4 Å². The second kappa shape index (κ2) is 7.34. The fourth-order valence-electron chi connectivity index (χ4n) is 2.43. The van der Waals surface area contributed by atoms with Gasteiger partial charge in [-0.2, -0.15) is 0 Å². The lowest BCUT2D eigenvalue weighted by atomic mass is 10.1. The van der Waals surface area contributed by atoms with Crippen molar-refractivity contribution in [2.45, 2.75) is 13.0 Å². The molecule has 0 aromatic heterocycles. The normalized spacial score (nSPS) is 10.5. The van der Waals surface area contributed by atoms with E-state index in [4.69, 9.17) is 22.1 Å². The molecule has 0 spiro atoms. The Bertz CT molecular complexity index is 601. The van der Waals surface area contributed by atoms with Crippen molar-refractivity contribution in [2.75, 3.05) is 25.6 Å². The summed E-state index contributed by atoms with van der Waals surface area (Å²) < 4.78 is 5.41. The molecule has 0 bridgehead atoms. The number of methoxy groups -OCH3 is 1. The van der Waals surface area contributed by atoms with Crippen LogP contribution in [0.3, 0.4) is 0 Å². The first-order valence-electron chi connectivity index (χ1n) is 6.97. The zero-order valence-corrected chi connectivity index (χ0v) is 13.2. The zero-order chi connectivity index (χ0) is 15.2. The Morgan fingerprint density at radius 3 is 2.62 bits per heavy atom. The number of para-hydroxylation sites is 1. The summed E-state index contributed by atoms with van der Waals surface area (Å²) in [5, 5.41) is 0.734. The molecule has 0 aliphatic carbocycles. The van der Waals surface area contributed by atoms with Gasteiger partial charge in [0, 0.05) is 29.9 Å². The van der Waals surface area contributed by atoms with Crippen LogP contribution in [0, 0.1) is 0 Å². The first-order chi connectivity index (χ1) is 10.2. The molecule has 2 N–H and O–H groups in total. The van der Waals surface area contributed by atoms with Gasteiger partial charge in [-0.15, -0.1) is 0 Å². The van der Waals surface area contributed by atoms with Gasteiger partial charge in [-0.05, 0) is 36.7 Å². The summed E-state index contributed by atoms with van der Waals surface area (Å²) in [5.74, 6) is 0.895. The van der Waals surface area contributed by atoms with E-state index in [1.165, 1.54) is 5.56 Å². The fraction of sp³-hybridized carbons (Fsp3) is 0.294. The third-order valence-corrected chi connectivity index (χ3v) is 3.71. The van der Waals surface area contributed by atoms with Crippen molar-refractivity contribution >= 4 is 17.3 Å². The van der Waals surface area contributed by atoms with E-state index < -0.39 is 0 Å². The highest BCUT2D eigenvalue weighted by atomic mass is 35.5. The summed E-state index contributed by atoms with van der Waals surface area (Å²) in [6, 6.07) is 14.0. The van der Waals surface area contributed by atoms with Crippen LogP contribution in [-0.4, -0.2) is 20.7 Å². The van der Waals surface area contributed by atoms with E-state index in [1.807, 2.05) is 36.4 Å². The van der Waals surface area contributed by atoms with Gasteiger partial charge in [-0.3, -0.25) is 0 Å². The number of nitrogens with two attached hydrogens (primary N) is 1. The van der Waals surface area contributed by atoms with E-state index in [0.717, 1.165) is 35.0 Å². The molecule has 0 aliphatic heterocycles. The Labute approximate surface area is 131 Å². The van der Waals surface area contributed by atoms with Crippen LogP contribution in [0.1, 0.15) is 11.1 Å². The van der Waals surface area contributed by atoms with Crippen molar-refractivity contribution in [2.24, 2.45) is 5.73 Å². The standard InChI is InChI=1S/C17H21ClN2O/c1-20(12-14-5-3-4-6-17(14)21-2)16-11-15(18)8-7-13(16)9-10-19/h3-8,11H,9-10,12,19H2,1-2H3. The van der Waals surface area contributed by atoms with Gasteiger partial charge >= 0.3 is 0 Å². The molecule has 0 saturated heterocycles. The highest BCUT2D eigenvalue weighted by Gasteiger charge is 2.11. The van der Waals surface area contributed by atoms with Gasteiger partial charge in [0.05, 0.1) is 7.11 Å². The van der Waals surface area contributed by atoms with Gasteiger partial charge in [0.15, 0.2) is 0 Å². The molecule has 0 fully saturated rings. The topological polar surface area (TPSA) is 38.5 Å².